The number of aryl methyl sites for hydroxylation is 2. The molecule has 0 radical (unpaired) electrons. The highest BCUT2D eigenvalue weighted by atomic mass is 32.1. The highest BCUT2D eigenvalue weighted by molar-refractivity contribution is 7.10. The van der Waals surface area contributed by atoms with Crippen LogP contribution in [-0.2, 0) is 19.3 Å². The quantitative estimate of drug-likeness (QED) is 0.904. The first-order valence-electron chi connectivity index (χ1n) is 7.22. The number of carbonyl (C=O) groups is 1. The smallest absolute Gasteiger partial charge is 0.257 e. The third-order valence-corrected chi connectivity index (χ3v) is 4.79. The average molecular weight is 289 g/mol. The number of carbonyl (C=O) groups excluding carboxylic acids is 1. The van der Waals surface area contributed by atoms with Gasteiger partial charge in [-0.15, -0.1) is 11.3 Å². The Bertz CT molecular complexity index is 614. The van der Waals surface area contributed by atoms with E-state index in [9.17, 15) is 4.79 Å². The number of thiophene rings is 1. The van der Waals surface area contributed by atoms with Crippen molar-refractivity contribution in [2.45, 2.75) is 45.4 Å². The predicted molar refractivity (Wildman–Crippen MR) is 81.5 cm³/mol. The summed E-state index contributed by atoms with van der Waals surface area (Å²) in [5.41, 5.74) is 3.16. The van der Waals surface area contributed by atoms with Gasteiger partial charge in [-0.1, -0.05) is 13.3 Å². The van der Waals surface area contributed by atoms with Crippen molar-refractivity contribution in [2.75, 3.05) is 5.32 Å². The molecule has 1 aliphatic carbocycles. The van der Waals surface area contributed by atoms with Gasteiger partial charge in [0.25, 0.3) is 5.91 Å². The Balaban J connectivity index is 1.74. The Hall–Kier alpha value is -1.62. The molecule has 4 nitrogen and oxygen atoms in total. The molecule has 106 valence electrons. The van der Waals surface area contributed by atoms with E-state index in [-0.39, 0.29) is 5.91 Å². The van der Waals surface area contributed by atoms with Gasteiger partial charge in [-0.3, -0.25) is 9.89 Å². The van der Waals surface area contributed by atoms with E-state index in [0.29, 0.717) is 5.82 Å². The fraction of sp³-hybridized carbons (Fsp3) is 0.467. The fourth-order valence-electron chi connectivity index (χ4n) is 2.69. The molecule has 0 atom stereocenters. The fourth-order valence-corrected chi connectivity index (χ4v) is 3.82. The van der Waals surface area contributed by atoms with Gasteiger partial charge in [-0.05, 0) is 37.7 Å². The number of H-pyrrole nitrogens is 1. The van der Waals surface area contributed by atoms with E-state index in [2.05, 4.69) is 22.4 Å². The number of nitrogens with one attached hydrogen (secondary N) is 2. The van der Waals surface area contributed by atoms with Crippen LogP contribution in [-0.4, -0.2) is 16.1 Å². The van der Waals surface area contributed by atoms with Crippen LogP contribution < -0.4 is 5.32 Å². The van der Waals surface area contributed by atoms with Crippen molar-refractivity contribution in [1.29, 1.82) is 0 Å². The molecular weight excluding hydrogens is 270 g/mol. The summed E-state index contributed by atoms with van der Waals surface area (Å²) in [6, 6.07) is 1.92. The van der Waals surface area contributed by atoms with Gasteiger partial charge in [0.05, 0.1) is 5.56 Å². The third kappa shape index (κ3) is 2.63. The van der Waals surface area contributed by atoms with E-state index in [0.717, 1.165) is 36.9 Å². The van der Waals surface area contributed by atoms with Crippen LogP contribution in [0.5, 0.6) is 0 Å². The van der Waals surface area contributed by atoms with Gasteiger partial charge in [-0.25, -0.2) is 0 Å². The van der Waals surface area contributed by atoms with Crippen molar-refractivity contribution < 1.29 is 4.79 Å². The second kappa shape index (κ2) is 5.79. The van der Waals surface area contributed by atoms with Gasteiger partial charge in [-0.2, -0.15) is 5.10 Å². The summed E-state index contributed by atoms with van der Waals surface area (Å²) in [7, 11) is 0. The minimum atomic E-state index is -0.0288. The second-order valence-corrected chi connectivity index (χ2v) is 6.20. The van der Waals surface area contributed by atoms with Crippen molar-refractivity contribution in [2.24, 2.45) is 0 Å². The molecule has 1 aliphatic rings. The molecule has 0 aliphatic heterocycles. The number of rotatable bonds is 4. The molecule has 20 heavy (non-hydrogen) atoms. The van der Waals surface area contributed by atoms with Crippen LogP contribution in [0.25, 0.3) is 0 Å². The average Bonchev–Trinajstić information content (AvgIpc) is 3.06. The van der Waals surface area contributed by atoms with Crippen molar-refractivity contribution >= 4 is 23.1 Å². The minimum Gasteiger partial charge on any atom is -0.305 e. The maximum absolute atomic E-state index is 12.4. The summed E-state index contributed by atoms with van der Waals surface area (Å²) in [5, 5.41) is 12.0. The Morgan fingerprint density at radius 1 is 1.45 bits per heavy atom. The van der Waals surface area contributed by atoms with Crippen molar-refractivity contribution in [3.8, 4) is 0 Å². The number of hydrogen-bond donors (Lipinski definition) is 2. The normalized spacial score (nSPS) is 14.1. The Morgan fingerprint density at radius 2 is 2.30 bits per heavy atom. The number of anilines is 1. The minimum absolute atomic E-state index is 0.0288. The SMILES string of the molecule is CCCc1cc(NC(=O)c2csc3c2CCCC3)n[nH]1. The standard InChI is InChI=1S/C15H19N3OS/c1-2-5-10-8-14(18-17-10)16-15(19)12-9-20-13-7-4-3-6-11(12)13/h8-9H,2-7H2,1H3,(H2,16,17,18,19). The van der Waals surface area contributed by atoms with E-state index < -0.39 is 0 Å². The zero-order chi connectivity index (χ0) is 13.9. The molecule has 3 rings (SSSR count). The summed E-state index contributed by atoms with van der Waals surface area (Å²) >= 11 is 1.72. The van der Waals surface area contributed by atoms with Gasteiger partial charge < -0.3 is 5.32 Å². The van der Waals surface area contributed by atoms with Crippen LogP contribution in [0.15, 0.2) is 11.4 Å². The van der Waals surface area contributed by atoms with Gasteiger partial charge in [0.15, 0.2) is 5.82 Å². The second-order valence-electron chi connectivity index (χ2n) is 5.24. The summed E-state index contributed by atoms with van der Waals surface area (Å²) < 4.78 is 0. The number of nitrogens with zero attached hydrogens (tertiary/aromatic N) is 1. The first-order valence-corrected chi connectivity index (χ1v) is 8.10. The molecule has 0 unspecified atom stereocenters. The van der Waals surface area contributed by atoms with Crippen molar-refractivity contribution in [3.05, 3.63) is 33.1 Å². The first-order chi connectivity index (χ1) is 9.78. The maximum atomic E-state index is 12.4. The number of aromatic nitrogens is 2. The van der Waals surface area contributed by atoms with Crippen LogP contribution in [0.1, 0.15) is 52.7 Å². The highest BCUT2D eigenvalue weighted by Gasteiger charge is 2.20. The molecule has 0 fully saturated rings. The molecule has 2 heterocycles. The topological polar surface area (TPSA) is 57.8 Å². The van der Waals surface area contributed by atoms with Gasteiger partial charge in [0.2, 0.25) is 0 Å². The molecule has 0 saturated carbocycles. The molecule has 0 bridgehead atoms. The Morgan fingerprint density at radius 3 is 3.15 bits per heavy atom. The molecular formula is C15H19N3OS. The molecule has 0 saturated heterocycles. The largest absolute Gasteiger partial charge is 0.305 e. The van der Waals surface area contributed by atoms with E-state index in [1.54, 1.807) is 11.3 Å². The highest BCUT2D eigenvalue weighted by Crippen LogP contribution is 2.30. The molecule has 0 spiro atoms. The van der Waals surface area contributed by atoms with Crippen LogP contribution in [0.3, 0.4) is 0 Å². The summed E-state index contributed by atoms with van der Waals surface area (Å²) in [6.45, 7) is 2.12. The summed E-state index contributed by atoms with van der Waals surface area (Å²) in [4.78, 5) is 13.7. The summed E-state index contributed by atoms with van der Waals surface area (Å²) in [5.74, 6) is 0.591. The zero-order valence-corrected chi connectivity index (χ0v) is 12.5. The maximum Gasteiger partial charge on any atom is 0.257 e. The Kier molecular flexibility index (Phi) is 3.87. The lowest BCUT2D eigenvalue weighted by molar-refractivity contribution is 0.102. The summed E-state index contributed by atoms with van der Waals surface area (Å²) in [6.07, 6.45) is 6.60. The number of fused-ring (bicyclic) bond motifs is 1. The van der Waals surface area contributed by atoms with Crippen LogP contribution >= 0.6 is 11.3 Å². The molecule has 2 aromatic rings. The first kappa shape index (κ1) is 13.4. The van der Waals surface area contributed by atoms with Gasteiger partial charge in [0.1, 0.15) is 0 Å². The van der Waals surface area contributed by atoms with Crippen LogP contribution in [0, 0.1) is 0 Å². The molecule has 1 amide bonds. The van der Waals surface area contributed by atoms with Crippen LogP contribution in [0.4, 0.5) is 5.82 Å². The Labute approximate surface area is 122 Å². The molecule has 2 aromatic heterocycles. The van der Waals surface area contributed by atoms with Crippen molar-refractivity contribution in [3.63, 3.8) is 0 Å². The van der Waals surface area contributed by atoms with E-state index in [1.165, 1.54) is 23.3 Å². The lowest BCUT2D eigenvalue weighted by Crippen LogP contribution is -2.14. The predicted octanol–water partition coefficient (Wildman–Crippen LogP) is 3.55. The van der Waals surface area contributed by atoms with Gasteiger partial charge >= 0.3 is 0 Å². The van der Waals surface area contributed by atoms with E-state index in [4.69, 9.17) is 0 Å². The van der Waals surface area contributed by atoms with E-state index >= 15 is 0 Å². The lowest BCUT2D eigenvalue weighted by Gasteiger charge is -2.12. The van der Waals surface area contributed by atoms with Crippen LogP contribution in [0.2, 0.25) is 0 Å². The zero-order valence-electron chi connectivity index (χ0n) is 11.7. The lowest BCUT2D eigenvalue weighted by atomic mass is 9.96. The monoisotopic (exact) mass is 289 g/mol. The number of aromatic amines is 1. The van der Waals surface area contributed by atoms with Gasteiger partial charge in [0, 0.05) is 22.0 Å². The molecule has 0 aromatic carbocycles. The van der Waals surface area contributed by atoms with E-state index in [1.807, 2.05) is 11.4 Å². The van der Waals surface area contributed by atoms with Crippen molar-refractivity contribution in [1.82, 2.24) is 10.2 Å². The number of hydrogen-bond acceptors (Lipinski definition) is 3. The number of amides is 1. The molecule has 5 heteroatoms. The molecule has 2 N–H and O–H groups in total. The third-order valence-electron chi connectivity index (χ3n) is 3.70.